The number of hydrogen-bond donors (Lipinski definition) is 2. The third-order valence-electron chi connectivity index (χ3n) is 5.36. The number of alkyl halides is 3. The Hall–Kier alpha value is -2.28. The number of nitrogens with one attached hydrogen (secondary N) is 1. The summed E-state index contributed by atoms with van der Waals surface area (Å²) in [5.74, 6) is -1.03. The molecule has 0 amide bonds. The van der Waals surface area contributed by atoms with Gasteiger partial charge in [-0.25, -0.2) is 4.79 Å². The van der Waals surface area contributed by atoms with Crippen molar-refractivity contribution >= 4 is 27.8 Å². The predicted octanol–water partition coefficient (Wildman–Crippen LogP) is 4.79. The number of aliphatic carboxylic acids is 1. The largest absolute Gasteiger partial charge is 0.497 e. The summed E-state index contributed by atoms with van der Waals surface area (Å²) >= 11 is 1.86. The van der Waals surface area contributed by atoms with E-state index in [0.717, 1.165) is 36.5 Å². The molecule has 12 heteroatoms. The monoisotopic (exact) mass is 549 g/mol. The zero-order valence-corrected chi connectivity index (χ0v) is 21.6. The lowest BCUT2D eigenvalue weighted by atomic mass is 10.1. The average molecular weight is 550 g/mol. The fourth-order valence-corrected chi connectivity index (χ4v) is 5.65. The zero-order valence-electron chi connectivity index (χ0n) is 20.0. The quantitative estimate of drug-likeness (QED) is 0.408. The third kappa shape index (κ3) is 10.00. The van der Waals surface area contributed by atoms with Gasteiger partial charge in [0.25, 0.3) is 10.1 Å². The van der Waals surface area contributed by atoms with Crippen LogP contribution in [0.3, 0.4) is 0 Å². The van der Waals surface area contributed by atoms with E-state index < -0.39 is 22.3 Å². The minimum atomic E-state index is -5.08. The van der Waals surface area contributed by atoms with Crippen LogP contribution in [0, 0.1) is 6.92 Å². The number of hydrogen-bond acceptors (Lipinski definition) is 7. The Morgan fingerprint density at radius 3 is 2.28 bits per heavy atom. The van der Waals surface area contributed by atoms with Crippen molar-refractivity contribution in [3.05, 3.63) is 59.7 Å². The second-order valence-corrected chi connectivity index (χ2v) is 10.9. The molecule has 0 radical (unpaired) electrons. The van der Waals surface area contributed by atoms with Crippen molar-refractivity contribution in [2.75, 3.05) is 20.3 Å². The molecule has 1 heterocycles. The van der Waals surface area contributed by atoms with Gasteiger partial charge in [0.2, 0.25) is 0 Å². The van der Waals surface area contributed by atoms with Crippen molar-refractivity contribution < 1.29 is 40.4 Å². The fraction of sp³-hybridized carbons (Fsp3) is 0.458. The van der Waals surface area contributed by atoms with Crippen LogP contribution in [0.5, 0.6) is 5.75 Å². The first kappa shape index (κ1) is 29.9. The van der Waals surface area contributed by atoms with E-state index in [1.807, 2.05) is 30.8 Å². The second kappa shape index (κ2) is 13.9. The van der Waals surface area contributed by atoms with Crippen molar-refractivity contribution in [3.63, 3.8) is 0 Å². The van der Waals surface area contributed by atoms with E-state index in [2.05, 4.69) is 17.4 Å². The van der Waals surface area contributed by atoms with Gasteiger partial charge < -0.3 is 15.2 Å². The van der Waals surface area contributed by atoms with Gasteiger partial charge in [0, 0.05) is 17.0 Å². The number of carboxylic acids is 1. The number of halogens is 3. The van der Waals surface area contributed by atoms with Gasteiger partial charge in [0.15, 0.2) is 0 Å². The average Bonchev–Trinajstić information content (AvgIpc) is 3.36. The molecular formula is C24H30F3NO6S2. The maximum atomic E-state index is 12.4. The molecule has 200 valence electrons. The van der Waals surface area contributed by atoms with E-state index in [-0.39, 0.29) is 11.5 Å². The molecule has 36 heavy (non-hydrogen) atoms. The Kier molecular flexibility index (Phi) is 11.5. The molecule has 1 saturated heterocycles. The summed E-state index contributed by atoms with van der Waals surface area (Å²) in [4.78, 5) is 9.11. The smallest absolute Gasteiger partial charge is 0.490 e. The molecule has 0 aliphatic carbocycles. The van der Waals surface area contributed by atoms with Crippen LogP contribution in [-0.4, -0.2) is 57.2 Å². The molecule has 1 fully saturated rings. The minimum absolute atomic E-state index is 0.189. The Balaban J connectivity index is 0.000000572. The van der Waals surface area contributed by atoms with E-state index >= 15 is 0 Å². The van der Waals surface area contributed by atoms with E-state index in [1.54, 1.807) is 31.4 Å². The number of carboxylic acid groups (broad SMARTS) is 1. The molecule has 1 aliphatic rings. The van der Waals surface area contributed by atoms with Crippen LogP contribution in [0.2, 0.25) is 0 Å². The molecule has 0 saturated carbocycles. The number of methoxy groups -OCH3 is 1. The molecule has 0 aromatic heterocycles. The summed E-state index contributed by atoms with van der Waals surface area (Å²) in [6, 6.07) is 15.2. The van der Waals surface area contributed by atoms with Crippen molar-refractivity contribution in [3.8, 4) is 5.75 Å². The molecule has 2 aromatic carbocycles. The number of rotatable bonds is 10. The van der Waals surface area contributed by atoms with Gasteiger partial charge in [-0.15, -0.1) is 0 Å². The Morgan fingerprint density at radius 1 is 1.17 bits per heavy atom. The van der Waals surface area contributed by atoms with Crippen LogP contribution in [0.4, 0.5) is 13.2 Å². The molecule has 7 nitrogen and oxygen atoms in total. The number of ether oxygens (including phenoxy) is 1. The van der Waals surface area contributed by atoms with E-state index in [9.17, 15) is 21.6 Å². The standard InChI is InChI=1S/C22H29NO4S2.C2HF3O2/c1-17-5-11-20(12-6-17)29(24,25)27-15-13-22(21-4-3-14-23-21)28-16-18-7-9-19(26-2)10-8-18;3-2(4,5)1(6)7/h5-12,21-23H,3-4,13-16H2,1-2H3;(H,6,7). The summed E-state index contributed by atoms with van der Waals surface area (Å²) in [6.07, 6.45) is -2.12. The molecule has 2 N–H and O–H groups in total. The molecule has 1 aliphatic heterocycles. The Bertz CT molecular complexity index is 1050. The van der Waals surface area contributed by atoms with Crippen LogP contribution in [0.15, 0.2) is 53.4 Å². The number of benzene rings is 2. The number of thioether (sulfide) groups is 1. The lowest BCUT2D eigenvalue weighted by molar-refractivity contribution is -0.192. The first-order valence-corrected chi connectivity index (χ1v) is 13.6. The van der Waals surface area contributed by atoms with E-state index in [1.165, 1.54) is 5.56 Å². The second-order valence-electron chi connectivity index (χ2n) is 8.08. The summed E-state index contributed by atoms with van der Waals surface area (Å²) in [6.45, 7) is 3.14. The summed E-state index contributed by atoms with van der Waals surface area (Å²) in [7, 11) is -2.05. The maximum absolute atomic E-state index is 12.4. The van der Waals surface area contributed by atoms with Gasteiger partial charge in [0.05, 0.1) is 18.6 Å². The zero-order chi connectivity index (χ0) is 26.8. The van der Waals surface area contributed by atoms with E-state index in [0.29, 0.717) is 17.7 Å². The van der Waals surface area contributed by atoms with Crippen molar-refractivity contribution in [2.24, 2.45) is 0 Å². The summed E-state index contributed by atoms with van der Waals surface area (Å²) < 4.78 is 67.2. The van der Waals surface area contributed by atoms with Crippen LogP contribution in [-0.2, 0) is 24.8 Å². The molecule has 2 unspecified atom stereocenters. The van der Waals surface area contributed by atoms with Crippen molar-refractivity contribution in [2.45, 2.75) is 54.3 Å². The third-order valence-corrected chi connectivity index (χ3v) is 8.18. The van der Waals surface area contributed by atoms with Gasteiger partial charge in [-0.1, -0.05) is 29.8 Å². The van der Waals surface area contributed by atoms with Crippen LogP contribution >= 0.6 is 11.8 Å². The van der Waals surface area contributed by atoms with Gasteiger partial charge in [-0.3, -0.25) is 4.18 Å². The van der Waals surface area contributed by atoms with Crippen LogP contribution in [0.1, 0.15) is 30.4 Å². The Morgan fingerprint density at radius 2 is 1.78 bits per heavy atom. The first-order valence-electron chi connectivity index (χ1n) is 11.2. The van der Waals surface area contributed by atoms with Gasteiger partial charge in [-0.05, 0) is 62.6 Å². The molecule has 0 bridgehead atoms. The highest BCUT2D eigenvalue weighted by Crippen LogP contribution is 2.28. The highest BCUT2D eigenvalue weighted by atomic mass is 32.2. The van der Waals surface area contributed by atoms with Gasteiger partial charge >= 0.3 is 12.1 Å². The molecule has 2 atom stereocenters. The van der Waals surface area contributed by atoms with Gasteiger partial charge in [-0.2, -0.15) is 33.4 Å². The lowest BCUT2D eigenvalue weighted by Gasteiger charge is -2.23. The first-order chi connectivity index (χ1) is 16.9. The topological polar surface area (TPSA) is 102 Å². The summed E-state index contributed by atoms with van der Waals surface area (Å²) in [5.41, 5.74) is 2.25. The fourth-order valence-electron chi connectivity index (χ4n) is 3.40. The molecular weight excluding hydrogens is 519 g/mol. The molecule has 2 aromatic rings. The van der Waals surface area contributed by atoms with E-state index in [4.69, 9.17) is 18.8 Å². The highest BCUT2D eigenvalue weighted by molar-refractivity contribution is 7.99. The SMILES string of the molecule is COc1ccc(CSC(CCOS(=O)(=O)c2ccc(C)cc2)C2CCCN2)cc1.O=C(O)C(F)(F)F. The maximum Gasteiger partial charge on any atom is 0.490 e. The normalized spacial score (nSPS) is 16.6. The summed E-state index contributed by atoms with van der Waals surface area (Å²) in [5, 5.41) is 11.0. The Labute approximate surface area is 213 Å². The lowest BCUT2D eigenvalue weighted by Crippen LogP contribution is -2.33. The highest BCUT2D eigenvalue weighted by Gasteiger charge is 2.38. The number of carbonyl (C=O) groups is 1. The van der Waals surface area contributed by atoms with Gasteiger partial charge in [0.1, 0.15) is 5.75 Å². The van der Waals surface area contributed by atoms with Crippen molar-refractivity contribution in [1.82, 2.24) is 5.32 Å². The predicted molar refractivity (Wildman–Crippen MR) is 132 cm³/mol. The number of aryl methyl sites for hydroxylation is 1. The minimum Gasteiger partial charge on any atom is -0.497 e. The van der Waals surface area contributed by atoms with Crippen LogP contribution in [0.25, 0.3) is 0 Å². The van der Waals surface area contributed by atoms with Crippen molar-refractivity contribution in [1.29, 1.82) is 0 Å². The van der Waals surface area contributed by atoms with Crippen LogP contribution < -0.4 is 10.1 Å². The molecule has 3 rings (SSSR count). The molecule has 0 spiro atoms.